The highest BCUT2D eigenvalue weighted by Gasteiger charge is 2.36. The van der Waals surface area contributed by atoms with Gasteiger partial charge in [-0.15, -0.1) is 0 Å². The van der Waals surface area contributed by atoms with Gasteiger partial charge < -0.3 is 29.4 Å². The predicted molar refractivity (Wildman–Crippen MR) is 108 cm³/mol. The van der Waals surface area contributed by atoms with Gasteiger partial charge in [-0.05, 0) is 23.8 Å². The number of H-pyrrole nitrogens is 1. The summed E-state index contributed by atoms with van der Waals surface area (Å²) in [6.45, 7) is 1.29. The first kappa shape index (κ1) is 19.1. The van der Waals surface area contributed by atoms with Gasteiger partial charge in [-0.3, -0.25) is 9.59 Å². The van der Waals surface area contributed by atoms with E-state index in [0.29, 0.717) is 17.4 Å². The Morgan fingerprint density at radius 2 is 2.00 bits per heavy atom. The van der Waals surface area contributed by atoms with Crippen molar-refractivity contribution in [3.05, 3.63) is 75.8 Å². The molecule has 3 N–H and O–H groups in total. The fraction of sp³-hybridized carbons (Fsp3) is 0.174. The highest BCUT2D eigenvalue weighted by atomic mass is 16.5. The van der Waals surface area contributed by atoms with Crippen molar-refractivity contribution < 1.29 is 29.2 Å². The number of aromatic nitrogens is 1. The van der Waals surface area contributed by atoms with Crippen LogP contribution in [-0.4, -0.2) is 23.0 Å². The zero-order valence-electron chi connectivity index (χ0n) is 16.5. The van der Waals surface area contributed by atoms with Crippen LogP contribution in [0.2, 0.25) is 0 Å². The lowest BCUT2D eigenvalue weighted by atomic mass is 9.90. The number of hydrogen-bond donors (Lipinski definition) is 2. The zero-order valence-corrected chi connectivity index (χ0v) is 16.5. The van der Waals surface area contributed by atoms with Crippen LogP contribution in [0, 0.1) is 0 Å². The molecule has 1 aliphatic rings. The molecule has 0 bridgehead atoms. The highest BCUT2D eigenvalue weighted by Crippen LogP contribution is 2.31. The van der Waals surface area contributed by atoms with Crippen molar-refractivity contribution in [2.45, 2.75) is 25.4 Å². The van der Waals surface area contributed by atoms with Crippen LogP contribution in [0.1, 0.15) is 29.8 Å². The maximum Gasteiger partial charge on any atom is 0.308 e. The minimum absolute atomic E-state index is 0.273. The van der Waals surface area contributed by atoms with Crippen molar-refractivity contribution in [2.24, 2.45) is 0 Å². The first-order valence-corrected chi connectivity index (χ1v) is 9.81. The first-order valence-electron chi connectivity index (χ1n) is 9.81. The van der Waals surface area contributed by atoms with Crippen LogP contribution >= 0.6 is 0 Å². The van der Waals surface area contributed by atoms with E-state index in [0.717, 1.165) is 22.2 Å². The molecule has 0 amide bonds. The third-order valence-corrected chi connectivity index (χ3v) is 5.68. The van der Waals surface area contributed by atoms with Gasteiger partial charge in [0.1, 0.15) is 23.6 Å². The second kappa shape index (κ2) is 7.10. The molecule has 4 aromatic rings. The zero-order chi connectivity index (χ0) is 21.7. The molecular formula is C23H18N2O6. The van der Waals surface area contributed by atoms with E-state index in [9.17, 15) is 19.5 Å². The highest BCUT2D eigenvalue weighted by molar-refractivity contribution is 5.86. The fourth-order valence-electron chi connectivity index (χ4n) is 4.31. The number of carboxylic acids is 1. The van der Waals surface area contributed by atoms with E-state index in [2.05, 4.69) is 4.98 Å². The third-order valence-electron chi connectivity index (χ3n) is 5.68. The number of aromatic amines is 1. The van der Waals surface area contributed by atoms with Crippen molar-refractivity contribution in [3.63, 3.8) is 0 Å². The molecule has 8 heteroatoms. The summed E-state index contributed by atoms with van der Waals surface area (Å²) in [6.07, 6.45) is 1.64. The van der Waals surface area contributed by atoms with E-state index in [-0.39, 0.29) is 16.8 Å². The van der Waals surface area contributed by atoms with Gasteiger partial charge >= 0.3 is 5.97 Å². The quantitative estimate of drug-likeness (QED) is 0.369. The molecule has 5 rings (SSSR count). The second-order valence-electron chi connectivity index (χ2n) is 7.63. The maximum absolute atomic E-state index is 13.3. The summed E-state index contributed by atoms with van der Waals surface area (Å²) in [4.78, 5) is 39.5. The average Bonchev–Trinajstić information content (AvgIpc) is 3.12. The Kier molecular flexibility index (Phi) is 4.37. The Morgan fingerprint density at radius 3 is 2.77 bits per heavy atom. The van der Waals surface area contributed by atoms with Crippen LogP contribution in [0.3, 0.4) is 0 Å². The van der Waals surface area contributed by atoms with Gasteiger partial charge in [-0.1, -0.05) is 18.2 Å². The average molecular weight is 418 g/mol. The van der Waals surface area contributed by atoms with Gasteiger partial charge in [0.25, 0.3) is 0 Å². The van der Waals surface area contributed by atoms with Gasteiger partial charge in [0.2, 0.25) is 5.43 Å². The Hall–Kier alpha value is -3.91. The number of para-hydroxylation sites is 1. The van der Waals surface area contributed by atoms with E-state index in [1.165, 1.54) is 31.4 Å². The largest absolute Gasteiger partial charge is 0.544 e. The maximum atomic E-state index is 13.3. The molecule has 31 heavy (non-hydrogen) atoms. The molecule has 8 nitrogen and oxygen atoms in total. The molecule has 2 aromatic carbocycles. The van der Waals surface area contributed by atoms with Gasteiger partial charge in [-0.2, -0.15) is 0 Å². The summed E-state index contributed by atoms with van der Waals surface area (Å²) in [5.41, 5.74) is 2.84. The molecule has 0 aliphatic carbocycles. The lowest BCUT2D eigenvalue weighted by Crippen LogP contribution is -2.96. The number of rotatable bonds is 3. The molecule has 3 heterocycles. The molecule has 0 unspecified atom stereocenters. The molecule has 0 spiro atoms. The number of hydrogen-bond acceptors (Lipinski definition) is 6. The molecule has 2 aromatic heterocycles. The number of aliphatic carboxylic acids is 1. The number of fused-ring (bicyclic) bond motifs is 4. The number of quaternary nitrogens is 1. The van der Waals surface area contributed by atoms with E-state index < -0.39 is 24.0 Å². The van der Waals surface area contributed by atoms with Gasteiger partial charge in [0, 0.05) is 30.3 Å². The number of benzene rings is 2. The first-order chi connectivity index (χ1) is 14.9. The minimum atomic E-state index is -1.18. The number of nitrogens with two attached hydrogens (primary N) is 1. The molecule has 1 aliphatic heterocycles. The van der Waals surface area contributed by atoms with Gasteiger partial charge in [0.15, 0.2) is 6.04 Å². The van der Waals surface area contributed by atoms with Crippen LogP contribution in [0.25, 0.3) is 21.9 Å². The molecule has 156 valence electrons. The SMILES string of the molecule is CC(=O)Oc1ccc2c(=O)c([C@H]3[NH2+][C@H](C(=O)[O-])Cc4c3[nH]c3ccccc43)coc2c1. The topological polar surface area (TPSA) is 129 Å². The van der Waals surface area contributed by atoms with E-state index in [4.69, 9.17) is 9.15 Å². The van der Waals surface area contributed by atoms with Crippen molar-refractivity contribution in [2.75, 3.05) is 0 Å². The Balaban J connectivity index is 1.67. The normalized spacial score (nSPS) is 18.1. The Labute approximate surface area is 175 Å². The van der Waals surface area contributed by atoms with Crippen molar-refractivity contribution in [1.29, 1.82) is 0 Å². The fourth-order valence-corrected chi connectivity index (χ4v) is 4.31. The predicted octanol–water partition coefficient (Wildman–Crippen LogP) is 0.527. The number of carbonyl (C=O) groups is 2. The molecule has 2 atom stereocenters. The molecule has 0 saturated heterocycles. The summed E-state index contributed by atoms with van der Waals surface area (Å²) >= 11 is 0. The summed E-state index contributed by atoms with van der Waals surface area (Å²) in [7, 11) is 0. The van der Waals surface area contributed by atoms with Crippen molar-refractivity contribution in [1.82, 2.24) is 4.98 Å². The summed E-state index contributed by atoms with van der Waals surface area (Å²) in [5, 5.41) is 14.6. The Morgan fingerprint density at radius 1 is 1.19 bits per heavy atom. The summed E-state index contributed by atoms with van der Waals surface area (Å²) in [5.74, 6) is -1.39. The third kappa shape index (κ3) is 3.17. The lowest BCUT2D eigenvalue weighted by Gasteiger charge is -2.28. The molecular weight excluding hydrogens is 400 g/mol. The lowest BCUT2D eigenvalue weighted by molar-refractivity contribution is -0.717. The minimum Gasteiger partial charge on any atom is -0.544 e. The van der Waals surface area contributed by atoms with E-state index in [1.54, 1.807) is 5.32 Å². The Bertz CT molecular complexity index is 1420. The van der Waals surface area contributed by atoms with E-state index in [1.807, 2.05) is 24.3 Å². The van der Waals surface area contributed by atoms with Crippen LogP contribution < -0.4 is 20.6 Å². The van der Waals surface area contributed by atoms with Gasteiger partial charge in [0.05, 0.1) is 22.6 Å². The van der Waals surface area contributed by atoms with Crippen molar-refractivity contribution >= 4 is 33.8 Å². The van der Waals surface area contributed by atoms with Crippen LogP contribution in [0.5, 0.6) is 5.75 Å². The molecule has 0 saturated carbocycles. The smallest absolute Gasteiger partial charge is 0.308 e. The van der Waals surface area contributed by atoms with Crippen LogP contribution in [0.4, 0.5) is 0 Å². The monoisotopic (exact) mass is 418 g/mol. The molecule has 0 fully saturated rings. The number of nitrogens with one attached hydrogen (secondary N) is 1. The number of esters is 1. The number of carboxylic acid groups (broad SMARTS) is 1. The van der Waals surface area contributed by atoms with Crippen LogP contribution in [0.15, 0.2) is 57.9 Å². The standard InChI is InChI=1S/C23H18N2O6/c1-11(26)31-12-6-7-14-19(8-12)30-10-16(22(14)27)21-20-15(9-18(25-21)23(28)29)13-4-2-3-5-17(13)24-20/h2-8,10,18,21,24-25H,9H2,1H3,(H,28,29)/t18-,21+/m0/s1. The van der Waals surface area contributed by atoms with Gasteiger partial charge in [-0.25, -0.2) is 0 Å². The summed E-state index contributed by atoms with van der Waals surface area (Å²) < 4.78 is 10.7. The second-order valence-corrected chi connectivity index (χ2v) is 7.63. The van der Waals surface area contributed by atoms with Crippen LogP contribution in [-0.2, 0) is 16.0 Å². The number of ether oxygens (including phenoxy) is 1. The summed E-state index contributed by atoms with van der Waals surface area (Å²) in [6, 6.07) is 10.7. The molecule has 0 radical (unpaired) electrons. The van der Waals surface area contributed by atoms with E-state index >= 15 is 0 Å². The number of carbonyl (C=O) groups excluding carboxylic acids is 2. The van der Waals surface area contributed by atoms with Crippen molar-refractivity contribution in [3.8, 4) is 5.75 Å².